The monoisotopic (exact) mass is 809 g/mol. The fraction of sp³-hybridized carbons (Fsp3) is 0.255. The Morgan fingerprint density at radius 2 is 0.787 bits per heavy atom. The van der Waals surface area contributed by atoms with E-state index in [0.717, 1.165) is 41.1 Å². The normalized spacial score (nSPS) is 12.4. The Kier molecular flexibility index (Phi) is 14.5. The molecule has 0 aromatic heterocycles. The highest BCUT2D eigenvalue weighted by Crippen LogP contribution is 2.38. The van der Waals surface area contributed by atoms with Gasteiger partial charge < -0.3 is 24.5 Å². The molecule has 0 bridgehead atoms. The summed E-state index contributed by atoms with van der Waals surface area (Å²) in [6, 6.07) is 45.1. The molecule has 0 saturated heterocycles. The molecule has 0 spiro atoms. The smallest absolute Gasteiger partial charge is 0.0574 e. The molecule has 61 heavy (non-hydrogen) atoms. The van der Waals surface area contributed by atoms with E-state index in [4.69, 9.17) is 4.99 Å². The van der Waals surface area contributed by atoms with Crippen molar-refractivity contribution >= 4 is 45.3 Å². The topological polar surface area (TPSA) is 28.6 Å². The van der Waals surface area contributed by atoms with Gasteiger partial charge in [0.25, 0.3) is 0 Å². The molecule has 1 aliphatic rings. The van der Waals surface area contributed by atoms with Crippen molar-refractivity contribution in [2.75, 3.05) is 102 Å². The molecule has 0 saturated carbocycles. The lowest BCUT2D eigenvalue weighted by Crippen LogP contribution is -2.10. The van der Waals surface area contributed by atoms with Gasteiger partial charge in [0.15, 0.2) is 0 Å². The Morgan fingerprint density at radius 3 is 1.13 bits per heavy atom. The predicted octanol–water partition coefficient (Wildman–Crippen LogP) is 11.6. The third-order valence-electron chi connectivity index (χ3n) is 11.3. The van der Waals surface area contributed by atoms with Crippen molar-refractivity contribution in [3.8, 4) is 0 Å². The third-order valence-corrected chi connectivity index (χ3v) is 11.3. The Balaban J connectivity index is 1.64. The molecular weight excluding hydrogens is 745 g/mol. The molecule has 6 nitrogen and oxygen atoms in total. The Labute approximate surface area is 366 Å². The van der Waals surface area contributed by atoms with Gasteiger partial charge in [0.05, 0.1) is 5.71 Å². The van der Waals surface area contributed by atoms with Crippen LogP contribution in [0.1, 0.15) is 47.1 Å². The zero-order valence-electron chi connectivity index (χ0n) is 38.2. The first-order valence-electron chi connectivity index (χ1n) is 21.3. The SMILES string of the molecule is CCN=C1C=CC(=C(C=C(C=C(c2ccc(N(C)C)cc2)c2ccc(N(C)C)cc2)CC(c2ccc(N(C)C)cc2)c2ccc(N(C)C)cc2)c2ccc(N(C)C)cc2)C=C1. The molecule has 0 atom stereocenters. The summed E-state index contributed by atoms with van der Waals surface area (Å²) in [7, 11) is 20.9. The van der Waals surface area contributed by atoms with Crippen molar-refractivity contribution < 1.29 is 0 Å². The second kappa shape index (κ2) is 20.2. The number of hydrogen-bond acceptors (Lipinski definition) is 6. The molecule has 0 heterocycles. The molecule has 0 amide bonds. The van der Waals surface area contributed by atoms with Gasteiger partial charge in [0.1, 0.15) is 0 Å². The predicted molar refractivity (Wildman–Crippen MR) is 269 cm³/mol. The van der Waals surface area contributed by atoms with Crippen molar-refractivity contribution in [1.82, 2.24) is 0 Å². The van der Waals surface area contributed by atoms with Crippen LogP contribution in [0.4, 0.5) is 28.4 Å². The summed E-state index contributed by atoms with van der Waals surface area (Å²) in [5.74, 6) is 0.0755. The molecule has 5 aromatic carbocycles. The minimum Gasteiger partial charge on any atom is -0.378 e. The first-order valence-corrected chi connectivity index (χ1v) is 21.3. The van der Waals surface area contributed by atoms with Gasteiger partial charge in [-0.1, -0.05) is 85.0 Å². The largest absolute Gasteiger partial charge is 0.378 e. The maximum atomic E-state index is 4.70. The fourth-order valence-electron chi connectivity index (χ4n) is 7.62. The lowest BCUT2D eigenvalue weighted by atomic mass is 9.83. The average Bonchev–Trinajstić information content (AvgIpc) is 3.27. The van der Waals surface area contributed by atoms with Gasteiger partial charge in [-0.25, -0.2) is 0 Å². The summed E-state index contributed by atoms with van der Waals surface area (Å²) < 4.78 is 0. The number of allylic oxidation sites excluding steroid dienone is 9. The van der Waals surface area contributed by atoms with Crippen LogP contribution in [0, 0.1) is 0 Å². The Bertz CT molecular complexity index is 2280. The van der Waals surface area contributed by atoms with Crippen LogP contribution in [-0.2, 0) is 0 Å². The van der Waals surface area contributed by atoms with Crippen molar-refractivity contribution in [2.24, 2.45) is 4.99 Å². The van der Waals surface area contributed by atoms with Crippen LogP contribution >= 0.6 is 0 Å². The minimum absolute atomic E-state index is 0.0755. The number of nitrogens with zero attached hydrogens (tertiary/aromatic N) is 6. The van der Waals surface area contributed by atoms with E-state index < -0.39 is 0 Å². The third kappa shape index (κ3) is 11.2. The van der Waals surface area contributed by atoms with Crippen LogP contribution in [-0.4, -0.2) is 82.7 Å². The number of aliphatic imine (C=N–C) groups is 1. The van der Waals surface area contributed by atoms with Crippen LogP contribution < -0.4 is 24.5 Å². The molecule has 6 rings (SSSR count). The molecule has 0 N–H and O–H groups in total. The van der Waals surface area contributed by atoms with Gasteiger partial charge in [0, 0.05) is 111 Å². The van der Waals surface area contributed by atoms with Gasteiger partial charge in [0.2, 0.25) is 0 Å². The standard InChI is InChI=1S/C55H64N6/c1-12-56-47-25-13-41(14-26-47)53(42-15-27-48(28-16-42)57(2)3)37-40(38-54(43-17-29-49(30-18-43)58(4)5)44-19-31-50(32-20-44)59(6)7)39-55(45-21-33-51(34-22-45)60(8)9)46-23-35-52(36-24-46)61(10)11/h13-38,55H,12,39H2,1-11H3. The minimum atomic E-state index is 0.0755. The maximum Gasteiger partial charge on any atom is 0.0574 e. The van der Waals surface area contributed by atoms with Gasteiger partial charge in [-0.3, -0.25) is 4.99 Å². The lowest BCUT2D eigenvalue weighted by Gasteiger charge is -2.23. The van der Waals surface area contributed by atoms with Crippen molar-refractivity contribution in [3.63, 3.8) is 0 Å². The first kappa shape index (κ1) is 44.0. The second-order valence-electron chi connectivity index (χ2n) is 16.8. The molecule has 314 valence electrons. The molecule has 0 fully saturated rings. The van der Waals surface area contributed by atoms with E-state index in [0.29, 0.717) is 0 Å². The summed E-state index contributed by atoms with van der Waals surface area (Å²) in [5, 5.41) is 0. The van der Waals surface area contributed by atoms with Crippen LogP contribution in [0.3, 0.4) is 0 Å². The van der Waals surface area contributed by atoms with Crippen LogP contribution in [0.15, 0.2) is 174 Å². The molecule has 0 radical (unpaired) electrons. The highest BCUT2D eigenvalue weighted by Gasteiger charge is 2.20. The second-order valence-corrected chi connectivity index (χ2v) is 16.8. The van der Waals surface area contributed by atoms with Crippen LogP contribution in [0.5, 0.6) is 0 Å². The number of anilines is 5. The van der Waals surface area contributed by atoms with Crippen LogP contribution in [0.25, 0.3) is 11.1 Å². The van der Waals surface area contributed by atoms with Gasteiger partial charge in [-0.2, -0.15) is 0 Å². The van der Waals surface area contributed by atoms with E-state index in [9.17, 15) is 0 Å². The van der Waals surface area contributed by atoms with Gasteiger partial charge in [-0.15, -0.1) is 0 Å². The number of rotatable bonds is 15. The van der Waals surface area contributed by atoms with E-state index in [1.807, 2.05) is 0 Å². The molecular formula is C55H64N6. The molecule has 0 aliphatic heterocycles. The maximum absolute atomic E-state index is 4.70. The van der Waals surface area contributed by atoms with Crippen molar-refractivity contribution in [3.05, 3.63) is 197 Å². The molecule has 6 heteroatoms. The van der Waals surface area contributed by atoms with Crippen molar-refractivity contribution in [1.29, 1.82) is 0 Å². The summed E-state index contributed by atoms with van der Waals surface area (Å²) in [4.78, 5) is 15.5. The number of hydrogen-bond donors (Lipinski definition) is 0. The fourth-order valence-corrected chi connectivity index (χ4v) is 7.62. The quantitative estimate of drug-likeness (QED) is 0.0983. The van der Waals surface area contributed by atoms with E-state index in [2.05, 4.69) is 260 Å². The molecule has 5 aromatic rings. The summed E-state index contributed by atoms with van der Waals surface area (Å²) in [6.45, 7) is 2.83. The van der Waals surface area contributed by atoms with Crippen LogP contribution in [0.2, 0.25) is 0 Å². The summed E-state index contributed by atoms with van der Waals surface area (Å²) >= 11 is 0. The van der Waals surface area contributed by atoms with Gasteiger partial charge >= 0.3 is 0 Å². The Hall–Kier alpha value is -6.53. The zero-order chi connectivity index (χ0) is 43.6. The Morgan fingerprint density at radius 1 is 0.443 bits per heavy atom. The van der Waals surface area contributed by atoms with E-state index >= 15 is 0 Å². The first-order chi connectivity index (χ1) is 29.3. The summed E-state index contributed by atoms with van der Waals surface area (Å²) in [6.07, 6.45) is 14.4. The lowest BCUT2D eigenvalue weighted by molar-refractivity contribution is 0.808. The average molecular weight is 809 g/mol. The highest BCUT2D eigenvalue weighted by atomic mass is 15.1. The van der Waals surface area contributed by atoms with E-state index in [-0.39, 0.29) is 5.92 Å². The zero-order valence-corrected chi connectivity index (χ0v) is 38.2. The van der Waals surface area contributed by atoms with E-state index in [1.165, 1.54) is 56.1 Å². The number of benzene rings is 5. The summed E-state index contributed by atoms with van der Waals surface area (Å²) in [5.41, 5.74) is 17.6. The highest BCUT2D eigenvalue weighted by molar-refractivity contribution is 6.07. The molecule has 1 aliphatic carbocycles. The van der Waals surface area contributed by atoms with Gasteiger partial charge in [-0.05, 0) is 136 Å². The molecule has 0 unspecified atom stereocenters. The van der Waals surface area contributed by atoms with Crippen molar-refractivity contribution in [2.45, 2.75) is 19.3 Å². The van der Waals surface area contributed by atoms with E-state index in [1.54, 1.807) is 0 Å².